The van der Waals surface area contributed by atoms with Gasteiger partial charge in [0, 0.05) is 23.4 Å². The van der Waals surface area contributed by atoms with Crippen molar-refractivity contribution in [1.29, 1.82) is 0 Å². The van der Waals surface area contributed by atoms with Gasteiger partial charge in [-0.2, -0.15) is 0 Å². The molecule has 1 aromatic heterocycles. The van der Waals surface area contributed by atoms with E-state index >= 15 is 0 Å². The first kappa shape index (κ1) is 31.1. The maximum atomic E-state index is 13.5. The van der Waals surface area contributed by atoms with Crippen LogP contribution >= 0.6 is 11.3 Å². The molecule has 0 atom stereocenters. The highest BCUT2D eigenvalue weighted by atomic mass is 32.1. The van der Waals surface area contributed by atoms with E-state index in [9.17, 15) is 9.59 Å². The van der Waals surface area contributed by atoms with Crippen LogP contribution in [0.1, 0.15) is 115 Å². The zero-order valence-electron chi connectivity index (χ0n) is 23.8. The smallest absolute Gasteiger partial charge is 0.242 e. The highest BCUT2D eigenvalue weighted by Crippen LogP contribution is 2.20. The maximum Gasteiger partial charge on any atom is 0.242 e. The second-order valence-electron chi connectivity index (χ2n) is 11.3. The van der Waals surface area contributed by atoms with E-state index in [1.807, 2.05) is 67.4 Å². The molecule has 0 saturated heterocycles. The minimum atomic E-state index is -0.397. The van der Waals surface area contributed by atoms with Crippen molar-refractivity contribution in [2.24, 2.45) is 0 Å². The molecule has 2 aromatic rings. The zero-order valence-corrected chi connectivity index (χ0v) is 24.7. The van der Waals surface area contributed by atoms with Gasteiger partial charge in [0.1, 0.15) is 6.54 Å². The van der Waals surface area contributed by atoms with Crippen LogP contribution in [0.2, 0.25) is 0 Å². The molecule has 0 aliphatic rings. The zero-order chi connectivity index (χ0) is 26.9. The summed E-state index contributed by atoms with van der Waals surface area (Å²) in [6.07, 6.45) is 14.4. The number of benzene rings is 1. The number of amides is 2. The molecule has 0 saturated carbocycles. The van der Waals surface area contributed by atoms with Crippen LogP contribution in [-0.4, -0.2) is 33.7 Å². The van der Waals surface area contributed by atoms with Gasteiger partial charge in [-0.25, -0.2) is 0 Å². The van der Waals surface area contributed by atoms with Gasteiger partial charge in [-0.15, -0.1) is 11.3 Å². The summed E-state index contributed by atoms with van der Waals surface area (Å²) < 4.78 is 0. The highest BCUT2D eigenvalue weighted by Gasteiger charge is 2.30. The van der Waals surface area contributed by atoms with Gasteiger partial charge in [-0.3, -0.25) is 9.59 Å². The Morgan fingerprint density at radius 1 is 0.730 bits per heavy atom. The van der Waals surface area contributed by atoms with E-state index in [0.717, 1.165) is 23.3 Å². The average molecular weight is 527 g/mol. The van der Waals surface area contributed by atoms with E-state index < -0.39 is 5.54 Å². The summed E-state index contributed by atoms with van der Waals surface area (Å²) in [6, 6.07) is 14.2. The first-order valence-electron chi connectivity index (χ1n) is 14.5. The van der Waals surface area contributed by atoms with Gasteiger partial charge in [0.25, 0.3) is 0 Å². The number of carbonyl (C=O) groups excluding carboxylic acids is 2. The predicted octanol–water partition coefficient (Wildman–Crippen LogP) is 8.61. The first-order valence-corrected chi connectivity index (χ1v) is 15.3. The molecule has 0 unspecified atom stereocenters. The van der Waals surface area contributed by atoms with Gasteiger partial charge < -0.3 is 9.80 Å². The molecule has 0 aliphatic carbocycles. The van der Waals surface area contributed by atoms with Crippen molar-refractivity contribution in [3.63, 3.8) is 0 Å². The maximum absolute atomic E-state index is 13.5. The summed E-state index contributed by atoms with van der Waals surface area (Å²) in [5.74, 6) is 0.0898. The fourth-order valence-electron chi connectivity index (χ4n) is 4.64. The largest absolute Gasteiger partial charge is 0.332 e. The molecule has 0 aliphatic heterocycles. The third-order valence-corrected chi connectivity index (χ3v) is 7.76. The Hall–Kier alpha value is -2.14. The lowest BCUT2D eigenvalue weighted by atomic mass is 10.0. The van der Waals surface area contributed by atoms with E-state index in [4.69, 9.17) is 0 Å². The van der Waals surface area contributed by atoms with Crippen LogP contribution in [0.3, 0.4) is 0 Å². The lowest BCUT2D eigenvalue weighted by Crippen LogP contribution is -2.51. The summed E-state index contributed by atoms with van der Waals surface area (Å²) in [7, 11) is 0. The molecule has 2 amide bonds. The third kappa shape index (κ3) is 12.8. The molecule has 37 heavy (non-hydrogen) atoms. The first-order chi connectivity index (χ1) is 17.8. The van der Waals surface area contributed by atoms with Crippen molar-refractivity contribution in [1.82, 2.24) is 9.80 Å². The van der Waals surface area contributed by atoms with E-state index in [0.29, 0.717) is 19.5 Å². The normalized spacial score (nSPS) is 11.5. The molecule has 1 heterocycles. The molecule has 1 aromatic carbocycles. The van der Waals surface area contributed by atoms with Crippen molar-refractivity contribution >= 4 is 23.2 Å². The van der Waals surface area contributed by atoms with Crippen LogP contribution in [0.5, 0.6) is 0 Å². The van der Waals surface area contributed by atoms with E-state index in [1.54, 1.807) is 16.2 Å². The Bertz CT molecular complexity index is 874. The summed E-state index contributed by atoms with van der Waals surface area (Å²) in [6.45, 7) is 9.58. The highest BCUT2D eigenvalue weighted by molar-refractivity contribution is 7.09. The molecule has 206 valence electrons. The monoisotopic (exact) mass is 526 g/mol. The van der Waals surface area contributed by atoms with Crippen molar-refractivity contribution in [2.45, 2.75) is 123 Å². The fraction of sp³-hybridized carbons (Fsp3) is 0.625. The van der Waals surface area contributed by atoms with Gasteiger partial charge >= 0.3 is 0 Å². The second kappa shape index (κ2) is 17.4. The van der Waals surface area contributed by atoms with Crippen LogP contribution in [-0.2, 0) is 22.7 Å². The number of hydrogen-bond acceptors (Lipinski definition) is 3. The summed E-state index contributed by atoms with van der Waals surface area (Å²) in [5.41, 5.74) is 0.702. The van der Waals surface area contributed by atoms with Crippen molar-refractivity contribution in [3.05, 3.63) is 58.3 Å². The number of hydrogen-bond donors (Lipinski definition) is 0. The van der Waals surface area contributed by atoms with Gasteiger partial charge in [0.15, 0.2) is 0 Å². The van der Waals surface area contributed by atoms with Crippen molar-refractivity contribution in [3.8, 4) is 0 Å². The van der Waals surface area contributed by atoms with Gasteiger partial charge in [0.2, 0.25) is 11.8 Å². The van der Waals surface area contributed by atoms with E-state index in [-0.39, 0.29) is 18.4 Å². The lowest BCUT2D eigenvalue weighted by molar-refractivity contribution is -0.145. The molecule has 2 rings (SSSR count). The van der Waals surface area contributed by atoms with Gasteiger partial charge in [-0.05, 0) is 44.2 Å². The Balaban J connectivity index is 1.83. The topological polar surface area (TPSA) is 40.6 Å². The minimum absolute atomic E-state index is 0.000496. The van der Waals surface area contributed by atoms with Gasteiger partial charge in [0.05, 0.1) is 6.54 Å². The number of nitrogens with zero attached hydrogens (tertiary/aromatic N) is 2. The Kier molecular flexibility index (Phi) is 14.6. The summed E-state index contributed by atoms with van der Waals surface area (Å²) in [4.78, 5) is 31.6. The van der Waals surface area contributed by atoms with Crippen LogP contribution < -0.4 is 0 Å². The molecule has 0 fully saturated rings. The van der Waals surface area contributed by atoms with Crippen LogP contribution in [0, 0.1) is 0 Å². The number of thiophene rings is 1. The number of carbonyl (C=O) groups is 2. The molecular weight excluding hydrogens is 476 g/mol. The predicted molar refractivity (Wildman–Crippen MR) is 158 cm³/mol. The fourth-order valence-corrected chi connectivity index (χ4v) is 5.36. The van der Waals surface area contributed by atoms with Crippen LogP contribution in [0.4, 0.5) is 0 Å². The number of unbranched alkanes of at least 4 members (excludes halogenated alkanes) is 10. The molecular formula is C32H50N2O2S. The molecule has 0 radical (unpaired) electrons. The van der Waals surface area contributed by atoms with Crippen molar-refractivity contribution in [2.75, 3.05) is 6.54 Å². The lowest BCUT2D eigenvalue weighted by Gasteiger charge is -2.37. The molecule has 4 nitrogen and oxygen atoms in total. The standard InChI is InChI=1S/C32H50N2O2S/c1-5-6-7-8-9-10-11-12-13-14-18-23-30(35)34(32(2,3)4)27-31(36)33(26-29-22-19-24-37-29)25-28-20-16-15-17-21-28/h15-17,19-22,24H,5-14,18,23,25-27H2,1-4H3. The quantitative estimate of drug-likeness (QED) is 0.182. The third-order valence-electron chi connectivity index (χ3n) is 6.89. The Morgan fingerprint density at radius 2 is 1.32 bits per heavy atom. The Labute approximate surface area is 230 Å². The summed E-state index contributed by atoms with van der Waals surface area (Å²) >= 11 is 1.66. The second-order valence-corrected chi connectivity index (χ2v) is 12.3. The average Bonchev–Trinajstić information content (AvgIpc) is 3.38. The number of rotatable bonds is 18. The molecule has 0 N–H and O–H groups in total. The van der Waals surface area contributed by atoms with Crippen LogP contribution in [0.25, 0.3) is 0 Å². The molecule has 5 heteroatoms. The summed E-state index contributed by atoms with van der Waals surface area (Å²) in [5, 5.41) is 2.04. The van der Waals surface area contributed by atoms with Crippen LogP contribution in [0.15, 0.2) is 47.8 Å². The Morgan fingerprint density at radius 3 is 1.86 bits per heavy atom. The van der Waals surface area contributed by atoms with Gasteiger partial charge in [-0.1, -0.05) is 108 Å². The van der Waals surface area contributed by atoms with Crippen molar-refractivity contribution < 1.29 is 9.59 Å². The molecule has 0 bridgehead atoms. The van der Waals surface area contributed by atoms with E-state index in [2.05, 4.69) is 13.0 Å². The minimum Gasteiger partial charge on any atom is -0.332 e. The SMILES string of the molecule is CCCCCCCCCCCCCC(=O)N(CC(=O)N(Cc1ccccc1)Cc1cccs1)C(C)(C)C. The van der Waals surface area contributed by atoms with E-state index in [1.165, 1.54) is 57.8 Å². The molecule has 0 spiro atoms.